The van der Waals surface area contributed by atoms with Gasteiger partial charge in [0.05, 0.1) is 4.90 Å². The van der Waals surface area contributed by atoms with Crippen LogP contribution in [0.1, 0.15) is 64.0 Å². The van der Waals surface area contributed by atoms with E-state index in [0.717, 1.165) is 42.9 Å². The van der Waals surface area contributed by atoms with Crippen molar-refractivity contribution in [2.45, 2.75) is 86.8 Å². The van der Waals surface area contributed by atoms with Gasteiger partial charge >= 0.3 is 11.6 Å². The van der Waals surface area contributed by atoms with Crippen LogP contribution in [0.2, 0.25) is 0 Å². The largest absolute Gasteiger partial charge is 0.501 e. The molecule has 0 N–H and O–H groups in total. The zero-order valence-corrected chi connectivity index (χ0v) is 18.8. The topological polar surface area (TPSA) is 63.7 Å². The van der Waals surface area contributed by atoms with Gasteiger partial charge in [0.2, 0.25) is 0 Å². The molecule has 3 atom stereocenters. The van der Waals surface area contributed by atoms with Gasteiger partial charge in [-0.3, -0.25) is 0 Å². The average Bonchev–Trinajstić information content (AvgIpc) is 2.65. The number of benzene rings is 1. The van der Waals surface area contributed by atoms with Crippen LogP contribution in [0.4, 0.5) is 18.0 Å². The lowest BCUT2D eigenvalue weighted by atomic mass is 9.52. The number of alkyl halides is 3. The van der Waals surface area contributed by atoms with Crippen LogP contribution in [0, 0.1) is 5.92 Å². The third-order valence-electron chi connectivity index (χ3n) is 7.05. The van der Waals surface area contributed by atoms with Gasteiger partial charge in [-0.25, -0.2) is 13.2 Å². The van der Waals surface area contributed by atoms with Crippen molar-refractivity contribution in [3.05, 3.63) is 29.3 Å². The van der Waals surface area contributed by atoms with Gasteiger partial charge in [0.25, 0.3) is 9.84 Å². The number of likely N-dealkylation sites (tertiary alicyclic amines) is 1. The Morgan fingerprint density at radius 2 is 1.87 bits per heavy atom. The van der Waals surface area contributed by atoms with Crippen LogP contribution in [0.3, 0.4) is 0 Å². The quantitative estimate of drug-likeness (QED) is 0.595. The molecule has 9 heteroatoms. The first-order chi connectivity index (χ1) is 14.3. The summed E-state index contributed by atoms with van der Waals surface area (Å²) in [5, 5.41) is 0. The number of halogens is 3. The van der Waals surface area contributed by atoms with Gasteiger partial charge in [0.15, 0.2) is 0 Å². The van der Waals surface area contributed by atoms with Gasteiger partial charge in [-0.15, -0.1) is 0 Å². The highest BCUT2D eigenvalue weighted by Crippen LogP contribution is 2.56. The standard InChI is InChI=1S/C22H28F3NO4S/c1-20(2,3)30-19(27)26-11-10-21-9-5-4-6-16(21)18(26)12-14-7-8-15(13-17(14)21)31(28,29)22(23,24)25/h7-8,13,16,18H,4-6,9-12H2,1-3H3/t16-,18+,21+/m0/s1. The lowest BCUT2D eigenvalue weighted by molar-refractivity contribution is -0.0438. The summed E-state index contributed by atoms with van der Waals surface area (Å²) in [6.45, 7) is 5.90. The normalized spacial score (nSPS) is 28.5. The molecule has 3 aliphatic rings. The third-order valence-corrected chi connectivity index (χ3v) is 8.54. The van der Waals surface area contributed by atoms with Crippen LogP contribution < -0.4 is 0 Å². The van der Waals surface area contributed by atoms with Crippen molar-refractivity contribution >= 4 is 15.9 Å². The molecule has 0 unspecified atom stereocenters. The fourth-order valence-corrected chi connectivity index (χ4v) is 6.62. The number of rotatable bonds is 1. The maximum atomic E-state index is 13.2. The number of piperidine rings is 1. The fraction of sp³-hybridized carbons (Fsp3) is 0.682. The lowest BCUT2D eigenvalue weighted by Crippen LogP contribution is -2.62. The summed E-state index contributed by atoms with van der Waals surface area (Å²) in [5.41, 5.74) is -4.79. The monoisotopic (exact) mass is 459 g/mol. The molecule has 1 aliphatic heterocycles. The Morgan fingerprint density at radius 1 is 1.16 bits per heavy atom. The molecule has 2 fully saturated rings. The highest BCUT2D eigenvalue weighted by molar-refractivity contribution is 7.92. The van der Waals surface area contributed by atoms with Gasteiger partial charge in [-0.1, -0.05) is 18.9 Å². The number of sulfone groups is 1. The Bertz CT molecular complexity index is 999. The van der Waals surface area contributed by atoms with Crippen LogP contribution in [-0.2, 0) is 26.4 Å². The van der Waals surface area contributed by atoms with E-state index in [1.54, 1.807) is 4.90 Å². The molecule has 31 heavy (non-hydrogen) atoms. The fourth-order valence-electron chi connectivity index (χ4n) is 5.83. The Morgan fingerprint density at radius 3 is 2.52 bits per heavy atom. The summed E-state index contributed by atoms with van der Waals surface area (Å²) in [7, 11) is -5.41. The van der Waals surface area contributed by atoms with Gasteiger partial charge in [0.1, 0.15) is 5.60 Å². The van der Waals surface area contributed by atoms with E-state index in [4.69, 9.17) is 4.74 Å². The summed E-state index contributed by atoms with van der Waals surface area (Å²) in [6, 6.07) is 3.72. The first-order valence-corrected chi connectivity index (χ1v) is 12.2. The molecule has 172 valence electrons. The molecule has 1 aromatic rings. The molecular formula is C22H28F3NO4S. The van der Waals surface area contributed by atoms with E-state index < -0.39 is 31.3 Å². The average molecular weight is 460 g/mol. The number of ether oxygens (including phenoxy) is 1. The summed E-state index contributed by atoms with van der Waals surface area (Å²) in [4.78, 5) is 14.0. The van der Waals surface area contributed by atoms with E-state index in [2.05, 4.69) is 0 Å². The maximum Gasteiger partial charge on any atom is 0.501 e. The summed E-state index contributed by atoms with van der Waals surface area (Å²) in [6.07, 6.45) is 4.30. The summed E-state index contributed by atoms with van der Waals surface area (Å²) in [5.74, 6) is 0.0823. The number of carbonyl (C=O) groups excluding carboxylic acids is 1. The van der Waals surface area contributed by atoms with Crippen LogP contribution in [0.5, 0.6) is 0 Å². The molecule has 0 radical (unpaired) electrons. The highest BCUT2D eigenvalue weighted by atomic mass is 32.2. The van der Waals surface area contributed by atoms with Crippen molar-refractivity contribution in [1.29, 1.82) is 0 Å². The van der Waals surface area contributed by atoms with E-state index in [9.17, 15) is 26.4 Å². The van der Waals surface area contributed by atoms with E-state index in [0.29, 0.717) is 19.4 Å². The highest BCUT2D eigenvalue weighted by Gasteiger charge is 2.56. The van der Waals surface area contributed by atoms with Crippen molar-refractivity contribution in [1.82, 2.24) is 4.90 Å². The zero-order chi connectivity index (χ0) is 22.8. The molecule has 1 saturated carbocycles. The molecule has 1 saturated heterocycles. The second-order valence-electron chi connectivity index (χ2n) is 9.97. The van der Waals surface area contributed by atoms with Crippen molar-refractivity contribution in [2.24, 2.45) is 5.92 Å². The van der Waals surface area contributed by atoms with E-state index in [-0.39, 0.29) is 18.1 Å². The van der Waals surface area contributed by atoms with E-state index >= 15 is 0 Å². The number of fused-ring (bicyclic) bond motifs is 1. The Labute approximate surface area is 180 Å². The van der Waals surface area contributed by atoms with Crippen molar-refractivity contribution in [3.8, 4) is 0 Å². The van der Waals surface area contributed by atoms with E-state index in [1.807, 2.05) is 20.8 Å². The Kier molecular flexibility index (Phi) is 5.15. The summed E-state index contributed by atoms with van der Waals surface area (Å²) >= 11 is 0. The first kappa shape index (κ1) is 22.4. The van der Waals surface area contributed by atoms with Gasteiger partial charge in [-0.05, 0) is 75.6 Å². The number of hydrogen-bond acceptors (Lipinski definition) is 4. The van der Waals surface area contributed by atoms with Crippen LogP contribution in [0.25, 0.3) is 0 Å². The summed E-state index contributed by atoms with van der Waals surface area (Å²) < 4.78 is 69.2. The van der Waals surface area contributed by atoms with Gasteiger partial charge in [-0.2, -0.15) is 13.2 Å². The third kappa shape index (κ3) is 3.62. The van der Waals surface area contributed by atoms with Crippen molar-refractivity contribution in [3.63, 3.8) is 0 Å². The SMILES string of the molecule is CC(C)(C)OC(=O)N1CC[C@]23CCCC[C@H]2[C@H]1Cc1ccc(S(=O)(=O)C(F)(F)F)cc13. The predicted octanol–water partition coefficient (Wildman–Crippen LogP) is 4.97. The van der Waals surface area contributed by atoms with E-state index in [1.165, 1.54) is 12.1 Å². The molecule has 0 spiro atoms. The minimum absolute atomic E-state index is 0.0823. The molecule has 1 aromatic carbocycles. The van der Waals surface area contributed by atoms with Crippen LogP contribution in [-0.4, -0.2) is 43.1 Å². The molecule has 2 aliphatic carbocycles. The van der Waals surface area contributed by atoms with Crippen LogP contribution >= 0.6 is 0 Å². The maximum absolute atomic E-state index is 13.2. The number of amides is 1. The molecule has 5 nitrogen and oxygen atoms in total. The van der Waals surface area contributed by atoms with Gasteiger partial charge < -0.3 is 9.64 Å². The molecular weight excluding hydrogens is 431 g/mol. The smallest absolute Gasteiger partial charge is 0.444 e. The molecule has 4 rings (SSSR count). The Balaban J connectivity index is 1.77. The second kappa shape index (κ2) is 7.12. The predicted molar refractivity (Wildman–Crippen MR) is 108 cm³/mol. The molecule has 1 amide bonds. The zero-order valence-electron chi connectivity index (χ0n) is 18.0. The minimum atomic E-state index is -5.41. The lowest BCUT2D eigenvalue weighted by Gasteiger charge is -2.58. The molecule has 0 aromatic heterocycles. The van der Waals surface area contributed by atoms with Crippen molar-refractivity contribution in [2.75, 3.05) is 6.54 Å². The number of nitrogens with zero attached hydrogens (tertiary/aromatic N) is 1. The molecule has 2 bridgehead atoms. The number of hydrogen-bond donors (Lipinski definition) is 0. The Hall–Kier alpha value is -1.77. The second-order valence-corrected chi connectivity index (χ2v) is 11.9. The first-order valence-electron chi connectivity index (χ1n) is 10.7. The number of carbonyl (C=O) groups is 1. The van der Waals surface area contributed by atoms with Gasteiger partial charge in [0, 0.05) is 18.0 Å². The van der Waals surface area contributed by atoms with Crippen LogP contribution in [0.15, 0.2) is 23.1 Å². The minimum Gasteiger partial charge on any atom is -0.444 e. The van der Waals surface area contributed by atoms with Crippen molar-refractivity contribution < 1.29 is 31.1 Å². The molecule has 1 heterocycles.